The summed E-state index contributed by atoms with van der Waals surface area (Å²) >= 11 is 5.76. The van der Waals surface area contributed by atoms with E-state index in [0.717, 1.165) is 6.20 Å². The van der Waals surface area contributed by atoms with Gasteiger partial charge in [0.1, 0.15) is 10.7 Å². The van der Waals surface area contributed by atoms with Crippen molar-refractivity contribution in [3.8, 4) is 0 Å². The van der Waals surface area contributed by atoms with E-state index in [1.54, 1.807) is 19.1 Å². The minimum absolute atomic E-state index is 0.0545. The molecule has 0 saturated carbocycles. The molecule has 100 valence electrons. The van der Waals surface area contributed by atoms with Crippen LogP contribution in [-0.4, -0.2) is 18.4 Å². The highest BCUT2D eigenvalue weighted by atomic mass is 35.5. The third kappa shape index (κ3) is 3.12. The van der Waals surface area contributed by atoms with E-state index in [-0.39, 0.29) is 15.7 Å². The topological polar surface area (TPSA) is 98.0 Å². The Morgan fingerprint density at radius 3 is 2.68 bits per heavy atom. The fourth-order valence-corrected chi connectivity index (χ4v) is 2.65. The number of aryl methyl sites for hydroxylation is 1. The van der Waals surface area contributed by atoms with Crippen molar-refractivity contribution in [3.05, 3.63) is 41.3 Å². The quantitative estimate of drug-likeness (QED) is 0.900. The summed E-state index contributed by atoms with van der Waals surface area (Å²) in [7, 11) is -3.75. The number of hydrogen-bond donors (Lipinski definition) is 2. The molecular formula is C11H11ClN4O2S. The van der Waals surface area contributed by atoms with E-state index in [2.05, 4.69) is 14.7 Å². The van der Waals surface area contributed by atoms with Crippen LogP contribution in [0.5, 0.6) is 0 Å². The molecule has 8 heteroatoms. The maximum atomic E-state index is 12.1. The van der Waals surface area contributed by atoms with Gasteiger partial charge in [0, 0.05) is 18.1 Å². The first-order chi connectivity index (χ1) is 8.88. The van der Waals surface area contributed by atoms with Crippen molar-refractivity contribution in [2.45, 2.75) is 11.8 Å². The Labute approximate surface area is 115 Å². The Hall–Kier alpha value is -1.86. The third-order valence-electron chi connectivity index (χ3n) is 2.30. The number of halogens is 1. The molecule has 0 saturated heterocycles. The lowest BCUT2D eigenvalue weighted by Crippen LogP contribution is -2.13. The molecule has 0 bridgehead atoms. The van der Waals surface area contributed by atoms with Crippen LogP contribution in [0.3, 0.4) is 0 Å². The normalized spacial score (nSPS) is 11.3. The maximum absolute atomic E-state index is 12.1. The molecular weight excluding hydrogens is 288 g/mol. The molecule has 6 nitrogen and oxygen atoms in total. The molecule has 0 aliphatic heterocycles. The molecule has 2 aromatic heterocycles. The van der Waals surface area contributed by atoms with Gasteiger partial charge < -0.3 is 5.73 Å². The molecule has 0 amide bonds. The Morgan fingerprint density at radius 2 is 2.05 bits per heavy atom. The van der Waals surface area contributed by atoms with Crippen LogP contribution in [-0.2, 0) is 10.0 Å². The van der Waals surface area contributed by atoms with Crippen molar-refractivity contribution in [3.63, 3.8) is 0 Å². The van der Waals surface area contributed by atoms with Crippen molar-refractivity contribution < 1.29 is 8.42 Å². The molecule has 2 rings (SSSR count). The highest BCUT2D eigenvalue weighted by molar-refractivity contribution is 7.92. The number of pyridine rings is 2. The second-order valence-corrected chi connectivity index (χ2v) is 5.92. The lowest BCUT2D eigenvalue weighted by Gasteiger charge is -2.08. The fourth-order valence-electron chi connectivity index (χ4n) is 1.40. The molecule has 0 unspecified atom stereocenters. The van der Waals surface area contributed by atoms with Crippen LogP contribution in [0, 0.1) is 6.92 Å². The average Bonchev–Trinajstić information content (AvgIpc) is 2.32. The minimum Gasteiger partial charge on any atom is -0.382 e. The van der Waals surface area contributed by atoms with E-state index in [9.17, 15) is 8.42 Å². The van der Waals surface area contributed by atoms with Gasteiger partial charge in [0.15, 0.2) is 0 Å². The number of nitrogen functional groups attached to an aromatic ring is 1. The summed E-state index contributed by atoms with van der Waals surface area (Å²) in [5, 5.41) is 0.0915. The second kappa shape index (κ2) is 5.02. The van der Waals surface area contributed by atoms with E-state index in [4.69, 9.17) is 17.3 Å². The Bertz CT molecular complexity index is 718. The fraction of sp³-hybridized carbons (Fsp3) is 0.0909. The van der Waals surface area contributed by atoms with Crippen LogP contribution in [0.25, 0.3) is 0 Å². The van der Waals surface area contributed by atoms with Crippen molar-refractivity contribution >= 4 is 33.1 Å². The van der Waals surface area contributed by atoms with Crippen molar-refractivity contribution in [2.75, 3.05) is 10.5 Å². The van der Waals surface area contributed by atoms with Gasteiger partial charge in [-0.3, -0.25) is 9.71 Å². The zero-order valence-electron chi connectivity index (χ0n) is 9.96. The molecule has 0 atom stereocenters. The number of anilines is 2. The molecule has 2 aromatic rings. The number of rotatable bonds is 3. The monoisotopic (exact) mass is 298 g/mol. The predicted molar refractivity (Wildman–Crippen MR) is 73.4 cm³/mol. The average molecular weight is 299 g/mol. The zero-order chi connectivity index (χ0) is 14.0. The van der Waals surface area contributed by atoms with E-state index < -0.39 is 10.0 Å². The number of nitrogens with one attached hydrogen (secondary N) is 1. The number of nitrogens with two attached hydrogens (primary N) is 1. The Balaban J connectivity index is 2.35. The largest absolute Gasteiger partial charge is 0.382 e. The third-order valence-corrected chi connectivity index (χ3v) is 3.95. The first-order valence-corrected chi connectivity index (χ1v) is 7.11. The molecule has 2 heterocycles. The van der Waals surface area contributed by atoms with Crippen LogP contribution < -0.4 is 10.5 Å². The Kier molecular flexibility index (Phi) is 3.59. The minimum atomic E-state index is -3.75. The number of hydrogen-bond acceptors (Lipinski definition) is 5. The van der Waals surface area contributed by atoms with Crippen molar-refractivity contribution in [1.82, 2.24) is 9.97 Å². The molecule has 3 N–H and O–H groups in total. The van der Waals surface area contributed by atoms with Gasteiger partial charge in [-0.2, -0.15) is 0 Å². The summed E-state index contributed by atoms with van der Waals surface area (Å²) in [5.74, 6) is 0.0837. The molecule has 0 aliphatic carbocycles. The van der Waals surface area contributed by atoms with Gasteiger partial charge >= 0.3 is 0 Å². The molecule has 0 fully saturated rings. The second-order valence-electron chi connectivity index (χ2n) is 3.83. The summed E-state index contributed by atoms with van der Waals surface area (Å²) < 4.78 is 26.6. The van der Waals surface area contributed by atoms with Gasteiger partial charge in [-0.05, 0) is 25.1 Å². The van der Waals surface area contributed by atoms with Crippen LogP contribution in [0.1, 0.15) is 5.69 Å². The highest BCUT2D eigenvalue weighted by Gasteiger charge is 2.16. The molecule has 0 radical (unpaired) electrons. The first kappa shape index (κ1) is 13.6. The lowest BCUT2D eigenvalue weighted by atomic mass is 10.3. The summed E-state index contributed by atoms with van der Waals surface area (Å²) in [6, 6.07) is 4.42. The molecule has 0 spiro atoms. The Morgan fingerprint density at radius 1 is 1.32 bits per heavy atom. The van der Waals surface area contributed by atoms with Crippen LogP contribution in [0.4, 0.5) is 11.5 Å². The standard InChI is InChI=1S/C11H11ClN4O2S/c1-7-4-8(2-3-14-7)16-19(17,18)9-5-10(12)11(13)15-6-9/h2-6H,1H3,(H2,13,15)(H,14,16). The summed E-state index contributed by atoms with van der Waals surface area (Å²) in [6.07, 6.45) is 2.67. The summed E-state index contributed by atoms with van der Waals surface area (Å²) in [5.41, 5.74) is 6.56. The van der Waals surface area contributed by atoms with Crippen LogP contribution >= 0.6 is 11.6 Å². The van der Waals surface area contributed by atoms with Gasteiger partial charge in [0.05, 0.1) is 10.7 Å². The van der Waals surface area contributed by atoms with Crippen molar-refractivity contribution in [1.29, 1.82) is 0 Å². The van der Waals surface area contributed by atoms with E-state index in [0.29, 0.717) is 11.4 Å². The van der Waals surface area contributed by atoms with E-state index in [1.165, 1.54) is 12.3 Å². The smallest absolute Gasteiger partial charge is 0.263 e. The van der Waals surface area contributed by atoms with Gasteiger partial charge in [-0.1, -0.05) is 11.6 Å². The van der Waals surface area contributed by atoms with Gasteiger partial charge in [-0.15, -0.1) is 0 Å². The van der Waals surface area contributed by atoms with Crippen molar-refractivity contribution in [2.24, 2.45) is 0 Å². The maximum Gasteiger partial charge on any atom is 0.263 e. The van der Waals surface area contributed by atoms with E-state index in [1.807, 2.05) is 0 Å². The zero-order valence-corrected chi connectivity index (χ0v) is 11.5. The highest BCUT2D eigenvalue weighted by Crippen LogP contribution is 2.21. The van der Waals surface area contributed by atoms with Gasteiger partial charge in [-0.25, -0.2) is 13.4 Å². The van der Waals surface area contributed by atoms with Gasteiger partial charge in [0.25, 0.3) is 10.0 Å². The van der Waals surface area contributed by atoms with E-state index >= 15 is 0 Å². The summed E-state index contributed by atoms with van der Waals surface area (Å²) in [4.78, 5) is 7.65. The molecule has 0 aliphatic rings. The number of nitrogens with zero attached hydrogens (tertiary/aromatic N) is 2. The van der Waals surface area contributed by atoms with Crippen LogP contribution in [0.2, 0.25) is 5.02 Å². The molecule has 19 heavy (non-hydrogen) atoms. The number of sulfonamides is 1. The molecule has 0 aromatic carbocycles. The lowest BCUT2D eigenvalue weighted by molar-refractivity contribution is 0.601. The first-order valence-electron chi connectivity index (χ1n) is 5.25. The number of aromatic nitrogens is 2. The van der Waals surface area contributed by atoms with Crippen LogP contribution in [0.15, 0.2) is 35.5 Å². The predicted octanol–water partition coefficient (Wildman–Crippen LogP) is 1.82. The summed E-state index contributed by atoms with van der Waals surface area (Å²) in [6.45, 7) is 1.76. The van der Waals surface area contributed by atoms with Gasteiger partial charge in [0.2, 0.25) is 0 Å². The SMILES string of the molecule is Cc1cc(NS(=O)(=O)c2cnc(N)c(Cl)c2)ccn1.